The number of aromatic amines is 1. The van der Waals surface area contributed by atoms with Gasteiger partial charge in [0.25, 0.3) is 17.2 Å². The molecule has 1 heterocycles. The molecule has 0 bridgehead atoms. The van der Waals surface area contributed by atoms with E-state index in [1.54, 1.807) is 30.3 Å². The van der Waals surface area contributed by atoms with E-state index in [1.165, 1.54) is 17.8 Å². The smallest absolute Gasteiger partial charge is 0.276 e. The van der Waals surface area contributed by atoms with E-state index in [2.05, 4.69) is 38.9 Å². The number of carbonyl (C=O) groups excluding carboxylic acids is 1. The van der Waals surface area contributed by atoms with Crippen molar-refractivity contribution in [2.24, 2.45) is 0 Å². The van der Waals surface area contributed by atoms with Crippen molar-refractivity contribution in [2.75, 3.05) is 31.6 Å². The number of likely N-dealkylation sites (N-methyl/N-ethyl adjacent to an activating group) is 1. The van der Waals surface area contributed by atoms with Crippen LogP contribution >= 0.6 is 35.0 Å². The minimum Gasteiger partial charge on any atom is -0.492 e. The maximum atomic E-state index is 12.7. The fourth-order valence-electron chi connectivity index (χ4n) is 4.09. The SMILES string of the molecule is [C-]#[N+]c1c(-c2ccc(OCCN(CC)CC)cc2)nc(SCc2cccc(NC(=O)c3ccc(Cl)c(Cl)c3)c2)[nH]c1=O. The molecule has 0 fully saturated rings. The van der Waals surface area contributed by atoms with Gasteiger partial charge in [-0.3, -0.25) is 9.59 Å². The van der Waals surface area contributed by atoms with Gasteiger partial charge in [-0.25, -0.2) is 9.83 Å². The summed E-state index contributed by atoms with van der Waals surface area (Å²) in [4.78, 5) is 38.4. The number of aromatic nitrogens is 2. The van der Waals surface area contributed by atoms with E-state index in [4.69, 9.17) is 34.5 Å². The maximum Gasteiger partial charge on any atom is 0.276 e. The third kappa shape index (κ3) is 8.14. The number of carbonyl (C=O) groups is 1. The lowest BCUT2D eigenvalue weighted by Crippen LogP contribution is -2.27. The number of hydrogen-bond acceptors (Lipinski definition) is 6. The lowest BCUT2D eigenvalue weighted by molar-refractivity contribution is 0.102. The zero-order valence-electron chi connectivity index (χ0n) is 23.1. The van der Waals surface area contributed by atoms with E-state index in [-0.39, 0.29) is 11.6 Å². The molecule has 4 aromatic rings. The fourth-order valence-corrected chi connectivity index (χ4v) is 5.19. The van der Waals surface area contributed by atoms with Crippen molar-refractivity contribution in [1.29, 1.82) is 0 Å². The van der Waals surface area contributed by atoms with Gasteiger partial charge in [0.15, 0.2) is 5.16 Å². The molecule has 0 saturated heterocycles. The Labute approximate surface area is 258 Å². The van der Waals surface area contributed by atoms with Gasteiger partial charge in [0.05, 0.1) is 22.3 Å². The highest BCUT2D eigenvalue weighted by Crippen LogP contribution is 2.30. The number of nitrogens with one attached hydrogen (secondary N) is 2. The summed E-state index contributed by atoms with van der Waals surface area (Å²) >= 11 is 13.3. The molecule has 8 nitrogen and oxygen atoms in total. The van der Waals surface area contributed by atoms with Crippen LogP contribution < -0.4 is 15.6 Å². The van der Waals surface area contributed by atoms with Gasteiger partial charge in [-0.2, -0.15) is 0 Å². The number of benzene rings is 3. The molecule has 216 valence electrons. The molecule has 2 N–H and O–H groups in total. The number of H-pyrrole nitrogens is 1. The van der Waals surface area contributed by atoms with Gasteiger partial charge in [0.2, 0.25) is 0 Å². The van der Waals surface area contributed by atoms with Crippen LogP contribution in [0.4, 0.5) is 11.4 Å². The quantitative estimate of drug-likeness (QED) is 0.0963. The number of hydrogen-bond donors (Lipinski definition) is 2. The summed E-state index contributed by atoms with van der Waals surface area (Å²) in [6.45, 7) is 15.1. The van der Waals surface area contributed by atoms with E-state index >= 15 is 0 Å². The highest BCUT2D eigenvalue weighted by atomic mass is 35.5. The number of amides is 1. The summed E-state index contributed by atoms with van der Waals surface area (Å²) in [5.41, 5.74) is 2.29. The lowest BCUT2D eigenvalue weighted by Gasteiger charge is -2.18. The largest absolute Gasteiger partial charge is 0.492 e. The van der Waals surface area contributed by atoms with E-state index in [1.807, 2.05) is 30.3 Å². The topological polar surface area (TPSA) is 91.7 Å². The molecule has 0 unspecified atom stereocenters. The van der Waals surface area contributed by atoms with E-state index in [0.717, 1.165) is 25.2 Å². The van der Waals surface area contributed by atoms with Gasteiger partial charge in [-0.05, 0) is 66.7 Å². The molecule has 0 saturated carbocycles. The Morgan fingerprint density at radius 2 is 1.83 bits per heavy atom. The molecule has 0 atom stereocenters. The standard InChI is InChI=1S/C31H29Cl2N5O3S/c1-4-38(5-2)15-16-41-24-12-9-21(10-13-24)27-28(34-3)30(40)37-31(36-27)42-19-20-7-6-8-23(17-20)35-29(39)22-11-14-25(32)26(33)18-22/h6-14,17-18H,4-5,15-16,19H2,1-2H3,(H,35,39)(H,36,37,40). The number of thioether (sulfide) groups is 1. The summed E-state index contributed by atoms with van der Waals surface area (Å²) in [5, 5.41) is 3.91. The van der Waals surface area contributed by atoms with Gasteiger partial charge in [0.1, 0.15) is 12.4 Å². The van der Waals surface area contributed by atoms with Crippen LogP contribution in [0.2, 0.25) is 10.0 Å². The van der Waals surface area contributed by atoms with Gasteiger partial charge in [-0.15, -0.1) is 0 Å². The molecule has 0 aliphatic carbocycles. The van der Waals surface area contributed by atoms with Gasteiger partial charge in [0, 0.05) is 23.5 Å². The minimum atomic E-state index is -0.500. The summed E-state index contributed by atoms with van der Waals surface area (Å²) in [6.07, 6.45) is 0. The number of nitrogens with zero attached hydrogens (tertiary/aromatic N) is 3. The van der Waals surface area contributed by atoms with Crippen LogP contribution in [0, 0.1) is 6.57 Å². The summed E-state index contributed by atoms with van der Waals surface area (Å²) in [6, 6.07) is 19.3. The second kappa shape index (κ2) is 14.9. The Bertz CT molecular complexity index is 1650. The molecule has 0 radical (unpaired) electrons. The van der Waals surface area contributed by atoms with Crippen LogP contribution in [-0.2, 0) is 5.75 Å². The molecular weight excluding hydrogens is 593 g/mol. The highest BCUT2D eigenvalue weighted by Gasteiger charge is 2.15. The Morgan fingerprint density at radius 1 is 1.07 bits per heavy atom. The van der Waals surface area contributed by atoms with Crippen molar-refractivity contribution < 1.29 is 9.53 Å². The summed E-state index contributed by atoms with van der Waals surface area (Å²) in [5.74, 6) is 0.861. The van der Waals surface area contributed by atoms with Crippen LogP contribution in [0.15, 0.2) is 76.7 Å². The van der Waals surface area contributed by atoms with Crippen molar-refractivity contribution in [3.8, 4) is 17.0 Å². The van der Waals surface area contributed by atoms with Crippen molar-refractivity contribution in [3.63, 3.8) is 0 Å². The summed E-state index contributed by atoms with van der Waals surface area (Å²) in [7, 11) is 0. The molecule has 42 heavy (non-hydrogen) atoms. The first-order valence-corrected chi connectivity index (χ1v) is 15.0. The molecule has 1 aromatic heterocycles. The predicted octanol–water partition coefficient (Wildman–Crippen LogP) is 7.56. The Morgan fingerprint density at radius 3 is 2.52 bits per heavy atom. The zero-order chi connectivity index (χ0) is 30.1. The van der Waals surface area contributed by atoms with Crippen LogP contribution in [0.25, 0.3) is 16.1 Å². The van der Waals surface area contributed by atoms with Crippen LogP contribution in [0.3, 0.4) is 0 Å². The molecule has 11 heteroatoms. The van der Waals surface area contributed by atoms with Crippen molar-refractivity contribution >= 4 is 52.2 Å². The molecular formula is C31H29Cl2N5O3S. The third-order valence-corrected chi connectivity index (χ3v) is 8.11. The normalized spacial score (nSPS) is 10.9. The van der Waals surface area contributed by atoms with Crippen LogP contribution in [0.5, 0.6) is 5.75 Å². The molecule has 0 aliphatic rings. The minimum absolute atomic E-state index is 0.0680. The number of anilines is 1. The first kappa shape index (κ1) is 31.1. The maximum absolute atomic E-state index is 12.7. The number of halogens is 2. The summed E-state index contributed by atoms with van der Waals surface area (Å²) < 4.78 is 5.86. The fraction of sp³-hybridized carbons (Fsp3) is 0.226. The monoisotopic (exact) mass is 621 g/mol. The molecule has 0 spiro atoms. The van der Waals surface area contributed by atoms with E-state index in [0.29, 0.717) is 55.8 Å². The van der Waals surface area contributed by atoms with Crippen molar-refractivity contribution in [3.05, 3.63) is 110 Å². The van der Waals surface area contributed by atoms with Gasteiger partial charge >= 0.3 is 0 Å². The highest BCUT2D eigenvalue weighted by molar-refractivity contribution is 7.98. The lowest BCUT2D eigenvalue weighted by atomic mass is 10.1. The molecule has 4 rings (SSSR count). The molecule has 3 aromatic carbocycles. The van der Waals surface area contributed by atoms with E-state index < -0.39 is 5.56 Å². The second-order valence-electron chi connectivity index (χ2n) is 9.15. The Kier molecular flexibility index (Phi) is 11.0. The first-order valence-electron chi connectivity index (χ1n) is 13.3. The molecule has 1 amide bonds. The first-order chi connectivity index (χ1) is 20.3. The average molecular weight is 623 g/mol. The Hall–Kier alpha value is -3.81. The Balaban J connectivity index is 1.44. The average Bonchev–Trinajstić information content (AvgIpc) is 3.00. The number of rotatable bonds is 12. The number of ether oxygens (including phenoxy) is 1. The second-order valence-corrected chi connectivity index (χ2v) is 10.9. The van der Waals surface area contributed by atoms with Crippen molar-refractivity contribution in [1.82, 2.24) is 14.9 Å². The van der Waals surface area contributed by atoms with Gasteiger partial charge in [-0.1, -0.05) is 73.1 Å². The zero-order valence-corrected chi connectivity index (χ0v) is 25.4. The van der Waals surface area contributed by atoms with Crippen LogP contribution in [-0.4, -0.2) is 47.0 Å². The van der Waals surface area contributed by atoms with E-state index in [9.17, 15) is 9.59 Å². The molecule has 0 aliphatic heterocycles. The third-order valence-electron chi connectivity index (χ3n) is 6.43. The van der Waals surface area contributed by atoms with Crippen molar-refractivity contribution in [2.45, 2.75) is 24.8 Å². The van der Waals surface area contributed by atoms with Crippen LogP contribution in [0.1, 0.15) is 29.8 Å². The predicted molar refractivity (Wildman–Crippen MR) is 170 cm³/mol. The van der Waals surface area contributed by atoms with Gasteiger partial charge < -0.3 is 19.9 Å².